The van der Waals surface area contributed by atoms with Crippen molar-refractivity contribution in [3.8, 4) is 0 Å². The van der Waals surface area contributed by atoms with Crippen LogP contribution in [0.5, 0.6) is 0 Å². The molecule has 5 unspecified atom stereocenters. The number of nitrogens with one attached hydrogen (secondary N) is 2. The van der Waals surface area contributed by atoms with Gasteiger partial charge in [0, 0.05) is 25.7 Å². The quantitative estimate of drug-likeness (QED) is 0.629. The predicted molar refractivity (Wildman–Crippen MR) is 105 cm³/mol. The predicted octanol–water partition coefficient (Wildman–Crippen LogP) is 0.687. The number of carbonyl (C=O) groups is 2. The highest BCUT2D eigenvalue weighted by atomic mass is 16.6. The molecule has 0 radical (unpaired) electrons. The fourth-order valence-electron chi connectivity index (χ4n) is 4.96. The summed E-state index contributed by atoms with van der Waals surface area (Å²) in [5, 5.41) is 6.87. The van der Waals surface area contributed by atoms with Crippen LogP contribution >= 0.6 is 0 Å². The number of hydrogen-bond acceptors (Lipinski definition) is 7. The van der Waals surface area contributed by atoms with Gasteiger partial charge in [0.1, 0.15) is 0 Å². The zero-order valence-electron chi connectivity index (χ0n) is 17.4. The van der Waals surface area contributed by atoms with Crippen LogP contribution in [-0.2, 0) is 9.47 Å². The third kappa shape index (κ3) is 4.36. The second-order valence-electron chi connectivity index (χ2n) is 8.55. The van der Waals surface area contributed by atoms with Crippen molar-refractivity contribution in [2.24, 2.45) is 11.7 Å². The SMILES string of the molecule is COC(=O)N1C2CCC(C3CNC(N)CN3)CC2N(C(=O)OC(C)C)C[C@@H]1C. The first-order valence-electron chi connectivity index (χ1n) is 10.4. The monoisotopic (exact) mass is 397 g/mol. The standard InChI is InChI=1S/C19H35N5O4/c1-11(2)28-18(25)23-10-12(3)24(19(26)27-4)15-6-5-13(7-16(15)23)14-8-22-17(20)9-21-14/h11-17,21-22H,5-10,20H2,1-4H3/t12-,13?,14?,15?,16?,17?/m0/s1. The number of nitrogens with two attached hydrogens (primary N) is 1. The molecular weight excluding hydrogens is 362 g/mol. The van der Waals surface area contributed by atoms with Crippen LogP contribution in [0.25, 0.3) is 0 Å². The Morgan fingerprint density at radius 1 is 1.11 bits per heavy atom. The molecule has 28 heavy (non-hydrogen) atoms. The molecule has 3 fully saturated rings. The molecule has 2 heterocycles. The Morgan fingerprint density at radius 2 is 1.86 bits per heavy atom. The van der Waals surface area contributed by atoms with Gasteiger partial charge in [0.25, 0.3) is 0 Å². The van der Waals surface area contributed by atoms with Crippen molar-refractivity contribution in [2.45, 2.75) is 76.5 Å². The van der Waals surface area contributed by atoms with E-state index in [1.54, 1.807) is 0 Å². The molecule has 0 aromatic carbocycles. The van der Waals surface area contributed by atoms with E-state index in [4.69, 9.17) is 15.2 Å². The van der Waals surface area contributed by atoms with Gasteiger partial charge in [-0.25, -0.2) is 9.59 Å². The van der Waals surface area contributed by atoms with Crippen LogP contribution < -0.4 is 16.4 Å². The Labute approximate surface area is 167 Å². The van der Waals surface area contributed by atoms with Gasteiger partial charge in [-0.05, 0) is 46.0 Å². The van der Waals surface area contributed by atoms with Crippen LogP contribution in [0.1, 0.15) is 40.0 Å². The molecule has 3 rings (SSSR count). The minimum Gasteiger partial charge on any atom is -0.453 e. The van der Waals surface area contributed by atoms with E-state index in [1.807, 2.05) is 30.6 Å². The van der Waals surface area contributed by atoms with E-state index in [-0.39, 0.29) is 42.6 Å². The van der Waals surface area contributed by atoms with E-state index < -0.39 is 0 Å². The maximum absolute atomic E-state index is 12.8. The van der Waals surface area contributed by atoms with Gasteiger partial charge in [-0.3, -0.25) is 10.2 Å². The van der Waals surface area contributed by atoms with Crippen LogP contribution in [0.2, 0.25) is 0 Å². The van der Waals surface area contributed by atoms with E-state index >= 15 is 0 Å². The average molecular weight is 398 g/mol. The summed E-state index contributed by atoms with van der Waals surface area (Å²) in [7, 11) is 1.41. The van der Waals surface area contributed by atoms with E-state index in [1.165, 1.54) is 7.11 Å². The fourth-order valence-corrected chi connectivity index (χ4v) is 4.96. The lowest BCUT2D eigenvalue weighted by Crippen LogP contribution is -2.68. The summed E-state index contributed by atoms with van der Waals surface area (Å²) in [5.41, 5.74) is 5.92. The molecule has 2 amide bonds. The Balaban J connectivity index is 1.79. The van der Waals surface area contributed by atoms with Crippen molar-refractivity contribution >= 4 is 12.2 Å². The summed E-state index contributed by atoms with van der Waals surface area (Å²) in [4.78, 5) is 28.9. The summed E-state index contributed by atoms with van der Waals surface area (Å²) in [6.45, 7) is 7.68. The van der Waals surface area contributed by atoms with Crippen LogP contribution in [0.15, 0.2) is 0 Å². The summed E-state index contributed by atoms with van der Waals surface area (Å²) < 4.78 is 10.6. The van der Waals surface area contributed by atoms with Crippen LogP contribution in [0, 0.1) is 5.92 Å². The largest absolute Gasteiger partial charge is 0.453 e. The molecule has 3 aliphatic rings. The molecule has 0 spiro atoms. The fraction of sp³-hybridized carbons (Fsp3) is 0.895. The molecule has 1 aliphatic carbocycles. The van der Waals surface area contributed by atoms with Gasteiger partial charge in [0.15, 0.2) is 0 Å². The van der Waals surface area contributed by atoms with Gasteiger partial charge in [-0.1, -0.05) is 0 Å². The minimum absolute atomic E-state index is 0.0181. The van der Waals surface area contributed by atoms with Crippen molar-refractivity contribution in [3.63, 3.8) is 0 Å². The molecule has 4 N–H and O–H groups in total. The molecule has 2 aliphatic heterocycles. The number of methoxy groups -OCH3 is 1. The number of fused-ring (bicyclic) bond motifs is 1. The zero-order chi connectivity index (χ0) is 20.4. The molecule has 0 bridgehead atoms. The van der Waals surface area contributed by atoms with Crippen LogP contribution in [-0.4, -0.2) is 85.2 Å². The molecule has 160 valence electrons. The first-order valence-corrected chi connectivity index (χ1v) is 10.4. The second kappa shape index (κ2) is 8.84. The number of amides is 2. The Morgan fingerprint density at radius 3 is 2.46 bits per heavy atom. The maximum Gasteiger partial charge on any atom is 0.410 e. The van der Waals surface area contributed by atoms with E-state index in [0.29, 0.717) is 18.5 Å². The number of ether oxygens (including phenoxy) is 2. The smallest absolute Gasteiger partial charge is 0.410 e. The summed E-state index contributed by atoms with van der Waals surface area (Å²) in [5.74, 6) is 0.406. The van der Waals surface area contributed by atoms with Crippen LogP contribution in [0.4, 0.5) is 9.59 Å². The van der Waals surface area contributed by atoms with Gasteiger partial charge in [-0.2, -0.15) is 0 Å². The van der Waals surface area contributed by atoms with Gasteiger partial charge < -0.3 is 25.4 Å². The first kappa shape index (κ1) is 21.1. The number of rotatable bonds is 2. The molecule has 9 heteroatoms. The topological polar surface area (TPSA) is 109 Å². The lowest BCUT2D eigenvalue weighted by Gasteiger charge is -2.54. The molecule has 9 nitrogen and oxygen atoms in total. The Hall–Kier alpha value is -1.58. The highest BCUT2D eigenvalue weighted by Gasteiger charge is 2.49. The summed E-state index contributed by atoms with van der Waals surface area (Å²) >= 11 is 0. The van der Waals surface area contributed by atoms with Crippen molar-refractivity contribution in [3.05, 3.63) is 0 Å². The van der Waals surface area contributed by atoms with Gasteiger partial charge in [0.05, 0.1) is 37.5 Å². The molecule has 0 aromatic rings. The number of piperazine rings is 2. The van der Waals surface area contributed by atoms with Gasteiger partial charge >= 0.3 is 12.2 Å². The van der Waals surface area contributed by atoms with E-state index in [0.717, 1.165) is 32.4 Å². The summed E-state index contributed by atoms with van der Waals surface area (Å²) in [6, 6.07) is 0.0794. The number of carbonyl (C=O) groups excluding carboxylic acids is 2. The van der Waals surface area contributed by atoms with Crippen molar-refractivity contribution in [1.29, 1.82) is 0 Å². The molecule has 1 saturated carbocycles. The first-order chi connectivity index (χ1) is 13.3. The average Bonchev–Trinajstić information content (AvgIpc) is 2.66. The van der Waals surface area contributed by atoms with Gasteiger partial charge in [0.2, 0.25) is 0 Å². The van der Waals surface area contributed by atoms with E-state index in [2.05, 4.69) is 10.6 Å². The van der Waals surface area contributed by atoms with Crippen LogP contribution in [0.3, 0.4) is 0 Å². The molecule has 2 saturated heterocycles. The Bertz CT molecular complexity index is 567. The highest BCUT2D eigenvalue weighted by molar-refractivity contribution is 5.72. The number of nitrogens with zero attached hydrogens (tertiary/aromatic N) is 2. The van der Waals surface area contributed by atoms with Crippen molar-refractivity contribution in [1.82, 2.24) is 20.4 Å². The summed E-state index contributed by atoms with van der Waals surface area (Å²) in [6.07, 6.45) is 1.85. The third-order valence-electron chi connectivity index (χ3n) is 6.24. The lowest BCUT2D eigenvalue weighted by molar-refractivity contribution is -0.0437. The molecule has 0 aromatic heterocycles. The highest BCUT2D eigenvalue weighted by Crippen LogP contribution is 2.37. The molecular formula is C19H35N5O4. The zero-order valence-corrected chi connectivity index (χ0v) is 17.4. The third-order valence-corrected chi connectivity index (χ3v) is 6.24. The number of hydrogen-bond donors (Lipinski definition) is 3. The normalized spacial score (nSPS) is 36.1. The van der Waals surface area contributed by atoms with Crippen molar-refractivity contribution in [2.75, 3.05) is 26.7 Å². The Kier molecular flexibility index (Phi) is 6.67. The maximum atomic E-state index is 12.8. The molecule has 6 atom stereocenters. The van der Waals surface area contributed by atoms with Crippen molar-refractivity contribution < 1.29 is 19.1 Å². The van der Waals surface area contributed by atoms with E-state index in [9.17, 15) is 9.59 Å². The second-order valence-corrected chi connectivity index (χ2v) is 8.55. The minimum atomic E-state index is -0.318. The lowest BCUT2D eigenvalue weighted by atomic mass is 9.75. The van der Waals surface area contributed by atoms with Gasteiger partial charge in [-0.15, -0.1) is 0 Å².